The standard InChI is InChI=1S/C17H35B/c1-6-7-8-11-14-18(16-12-9-10-13-16)17(4,5)15(2)3/h15-16H,6-14H2,1-5H3. The van der Waals surface area contributed by atoms with Gasteiger partial charge in [0.05, 0.1) is 0 Å². The zero-order valence-electron chi connectivity index (χ0n) is 13.6. The Labute approximate surface area is 116 Å². The third kappa shape index (κ3) is 4.32. The fourth-order valence-electron chi connectivity index (χ4n) is 3.79. The molecule has 0 aliphatic heterocycles. The molecule has 1 saturated carbocycles. The molecule has 0 atom stereocenters. The van der Waals surface area contributed by atoms with Crippen LogP contribution in [0.5, 0.6) is 0 Å². The Morgan fingerprint density at radius 2 is 1.67 bits per heavy atom. The third-order valence-electron chi connectivity index (χ3n) is 5.78. The first-order chi connectivity index (χ1) is 8.50. The lowest BCUT2D eigenvalue weighted by atomic mass is 9.24. The van der Waals surface area contributed by atoms with E-state index in [0.29, 0.717) is 5.31 Å². The Bertz CT molecular complexity index is 214. The molecule has 0 unspecified atom stereocenters. The molecule has 0 aromatic heterocycles. The van der Waals surface area contributed by atoms with E-state index in [2.05, 4.69) is 34.6 Å². The van der Waals surface area contributed by atoms with E-state index in [1.54, 1.807) is 0 Å². The summed E-state index contributed by atoms with van der Waals surface area (Å²) in [6, 6.07) is 0. The minimum absolute atomic E-state index is 0.529. The Kier molecular flexibility index (Phi) is 6.81. The van der Waals surface area contributed by atoms with Crippen molar-refractivity contribution < 1.29 is 0 Å². The van der Waals surface area contributed by atoms with E-state index >= 15 is 0 Å². The Hall–Kier alpha value is 0.0649. The fourth-order valence-corrected chi connectivity index (χ4v) is 3.79. The highest BCUT2D eigenvalue weighted by Crippen LogP contribution is 2.49. The van der Waals surface area contributed by atoms with E-state index in [-0.39, 0.29) is 0 Å². The van der Waals surface area contributed by atoms with Crippen LogP contribution in [0.2, 0.25) is 17.5 Å². The molecule has 0 N–H and O–H groups in total. The van der Waals surface area contributed by atoms with Crippen LogP contribution in [0.1, 0.15) is 86.0 Å². The van der Waals surface area contributed by atoms with E-state index in [9.17, 15) is 0 Å². The van der Waals surface area contributed by atoms with E-state index < -0.39 is 0 Å². The molecule has 18 heavy (non-hydrogen) atoms. The van der Waals surface area contributed by atoms with Crippen LogP contribution in [-0.4, -0.2) is 6.71 Å². The SMILES string of the molecule is CCCCCCB(C1CCCC1)C(C)(C)C(C)C. The maximum atomic E-state index is 2.53. The smallest absolute Gasteiger partial charge is 0.0735 e. The molecule has 0 bridgehead atoms. The summed E-state index contributed by atoms with van der Waals surface area (Å²) in [5.41, 5.74) is 0. The first-order valence-corrected chi connectivity index (χ1v) is 8.50. The molecular formula is C17H35B. The van der Waals surface area contributed by atoms with E-state index in [4.69, 9.17) is 0 Å². The molecule has 1 heteroatoms. The van der Waals surface area contributed by atoms with Gasteiger partial charge in [0.25, 0.3) is 0 Å². The minimum Gasteiger partial charge on any atom is -0.0735 e. The van der Waals surface area contributed by atoms with Crippen molar-refractivity contribution in [2.75, 3.05) is 0 Å². The summed E-state index contributed by atoms with van der Waals surface area (Å²) < 4.78 is 0. The van der Waals surface area contributed by atoms with Gasteiger partial charge in [-0.1, -0.05) is 103 Å². The van der Waals surface area contributed by atoms with Crippen LogP contribution < -0.4 is 0 Å². The van der Waals surface area contributed by atoms with Gasteiger partial charge in [-0.25, -0.2) is 0 Å². The van der Waals surface area contributed by atoms with Gasteiger partial charge in [-0.3, -0.25) is 0 Å². The van der Waals surface area contributed by atoms with Crippen LogP contribution in [0.4, 0.5) is 0 Å². The van der Waals surface area contributed by atoms with Crippen molar-refractivity contribution in [3.8, 4) is 0 Å². The van der Waals surface area contributed by atoms with Gasteiger partial charge in [0, 0.05) is 0 Å². The van der Waals surface area contributed by atoms with Crippen molar-refractivity contribution in [2.24, 2.45) is 5.92 Å². The minimum atomic E-state index is 0.529. The Morgan fingerprint density at radius 3 is 2.17 bits per heavy atom. The lowest BCUT2D eigenvalue weighted by molar-refractivity contribution is 0.454. The van der Waals surface area contributed by atoms with Gasteiger partial charge in [0.15, 0.2) is 0 Å². The molecule has 1 aliphatic rings. The van der Waals surface area contributed by atoms with Crippen LogP contribution in [0.25, 0.3) is 0 Å². The predicted molar refractivity (Wildman–Crippen MR) is 85.8 cm³/mol. The van der Waals surface area contributed by atoms with Crippen molar-refractivity contribution in [3.05, 3.63) is 0 Å². The Morgan fingerprint density at radius 1 is 1.06 bits per heavy atom. The van der Waals surface area contributed by atoms with Gasteiger partial charge < -0.3 is 0 Å². The van der Waals surface area contributed by atoms with E-state index in [0.717, 1.165) is 18.4 Å². The maximum Gasteiger partial charge on any atom is 0.149 e. The highest BCUT2D eigenvalue weighted by molar-refractivity contribution is 6.63. The molecule has 1 aliphatic carbocycles. The van der Waals surface area contributed by atoms with Crippen molar-refractivity contribution in [3.63, 3.8) is 0 Å². The molecule has 0 aromatic rings. The number of hydrogen-bond donors (Lipinski definition) is 0. The van der Waals surface area contributed by atoms with Gasteiger partial charge in [0.2, 0.25) is 0 Å². The van der Waals surface area contributed by atoms with Crippen LogP contribution in [0.3, 0.4) is 0 Å². The predicted octanol–water partition coefficient (Wildman–Crippen LogP) is 6.44. The van der Waals surface area contributed by atoms with Gasteiger partial charge in [0.1, 0.15) is 6.71 Å². The van der Waals surface area contributed by atoms with Gasteiger partial charge in [-0.2, -0.15) is 0 Å². The molecule has 0 spiro atoms. The molecule has 106 valence electrons. The number of hydrogen-bond acceptors (Lipinski definition) is 0. The van der Waals surface area contributed by atoms with Gasteiger partial charge in [-0.15, -0.1) is 0 Å². The normalized spacial score (nSPS) is 17.7. The van der Waals surface area contributed by atoms with E-state index in [1.165, 1.54) is 57.7 Å². The molecule has 0 nitrogen and oxygen atoms in total. The fraction of sp³-hybridized carbons (Fsp3) is 1.00. The van der Waals surface area contributed by atoms with Crippen LogP contribution >= 0.6 is 0 Å². The maximum absolute atomic E-state index is 2.53. The number of rotatable bonds is 8. The summed E-state index contributed by atoms with van der Waals surface area (Å²) in [7, 11) is 0. The van der Waals surface area contributed by atoms with Crippen molar-refractivity contribution in [1.29, 1.82) is 0 Å². The van der Waals surface area contributed by atoms with Crippen molar-refractivity contribution in [2.45, 2.75) is 103 Å². The molecule has 1 fully saturated rings. The molecule has 1 rings (SSSR count). The second kappa shape index (κ2) is 7.60. The molecule has 0 amide bonds. The van der Waals surface area contributed by atoms with Crippen molar-refractivity contribution >= 4 is 6.71 Å². The average molecular weight is 250 g/mol. The lowest BCUT2D eigenvalue weighted by Crippen LogP contribution is -2.35. The van der Waals surface area contributed by atoms with Crippen LogP contribution in [-0.2, 0) is 0 Å². The average Bonchev–Trinajstić information content (AvgIpc) is 2.81. The second-order valence-electron chi connectivity index (χ2n) is 7.48. The van der Waals surface area contributed by atoms with Crippen LogP contribution in [0.15, 0.2) is 0 Å². The van der Waals surface area contributed by atoms with Crippen molar-refractivity contribution in [1.82, 2.24) is 0 Å². The van der Waals surface area contributed by atoms with E-state index in [1.807, 2.05) is 0 Å². The Balaban J connectivity index is 2.57. The molecule has 0 heterocycles. The summed E-state index contributed by atoms with van der Waals surface area (Å²) in [5, 5.41) is 0.529. The molecular weight excluding hydrogens is 215 g/mol. The molecule has 0 radical (unpaired) electrons. The zero-order valence-corrected chi connectivity index (χ0v) is 13.6. The monoisotopic (exact) mass is 250 g/mol. The van der Waals surface area contributed by atoms with Gasteiger partial charge >= 0.3 is 0 Å². The summed E-state index contributed by atoms with van der Waals surface area (Å²) in [6.45, 7) is 13.2. The lowest BCUT2D eigenvalue weighted by Gasteiger charge is -2.39. The quantitative estimate of drug-likeness (QED) is 0.343. The third-order valence-corrected chi connectivity index (χ3v) is 5.78. The highest BCUT2D eigenvalue weighted by atomic mass is 14.3. The molecule has 0 aromatic carbocycles. The first kappa shape index (κ1) is 16.1. The van der Waals surface area contributed by atoms with Crippen LogP contribution in [0, 0.1) is 5.92 Å². The van der Waals surface area contributed by atoms with Gasteiger partial charge in [-0.05, 0) is 5.92 Å². The second-order valence-corrected chi connectivity index (χ2v) is 7.48. The number of unbranched alkanes of at least 4 members (excludes halogenated alkanes) is 3. The zero-order chi connectivity index (χ0) is 13.6. The largest absolute Gasteiger partial charge is 0.149 e. The first-order valence-electron chi connectivity index (χ1n) is 8.50. The molecule has 0 saturated heterocycles. The summed E-state index contributed by atoms with van der Waals surface area (Å²) in [6.07, 6.45) is 13.2. The summed E-state index contributed by atoms with van der Waals surface area (Å²) in [5.74, 6) is 1.85. The highest BCUT2D eigenvalue weighted by Gasteiger charge is 2.40. The summed E-state index contributed by atoms with van der Waals surface area (Å²) in [4.78, 5) is 0. The topological polar surface area (TPSA) is 0 Å². The summed E-state index contributed by atoms with van der Waals surface area (Å²) >= 11 is 0.